The number of fused-ring (bicyclic) bond motifs is 1. The first-order chi connectivity index (χ1) is 18.3. The molecule has 0 fully saturated rings. The van der Waals surface area contributed by atoms with Gasteiger partial charge in [0.25, 0.3) is 5.91 Å². The predicted octanol–water partition coefficient (Wildman–Crippen LogP) is 5.23. The van der Waals surface area contributed by atoms with Gasteiger partial charge >= 0.3 is 0 Å². The Morgan fingerprint density at radius 1 is 0.947 bits per heavy atom. The average molecular weight is 551 g/mol. The first kappa shape index (κ1) is 25.9. The van der Waals surface area contributed by atoms with Crippen molar-refractivity contribution in [2.45, 2.75) is 28.2 Å². The molecule has 1 aromatic heterocycles. The van der Waals surface area contributed by atoms with Gasteiger partial charge in [-0.2, -0.15) is 10.6 Å². The van der Waals surface area contributed by atoms with Crippen molar-refractivity contribution >= 4 is 26.3 Å². The van der Waals surface area contributed by atoms with Crippen LogP contribution in [0.15, 0.2) is 107 Å². The van der Waals surface area contributed by atoms with Gasteiger partial charge in [-0.15, -0.1) is 0 Å². The standard InChI is InChI=1S/C28H26N2O6S2/c31-28(30-17-21-10-7-15-29-16-21)26-23(36-18-20-8-3-1-4-9-20)13-14-24-27(26)25(19-37(24,32)33)38(34,35)22-11-5-2-6-12-22/h1-16,25,32-33H,17-19H2,(H,30,31). The van der Waals surface area contributed by atoms with Gasteiger partial charge in [0, 0.05) is 24.5 Å². The van der Waals surface area contributed by atoms with Crippen LogP contribution in [-0.4, -0.2) is 34.2 Å². The fourth-order valence-electron chi connectivity index (χ4n) is 4.45. The highest BCUT2D eigenvalue weighted by Gasteiger charge is 2.46. The maximum Gasteiger partial charge on any atom is 0.255 e. The SMILES string of the molecule is O=C(NCc1cccnc1)c1c(OCc2ccccc2)ccc2c1C(S(=O)(=O)c1ccccc1)CS2(O)O. The van der Waals surface area contributed by atoms with Crippen LogP contribution < -0.4 is 10.1 Å². The van der Waals surface area contributed by atoms with Gasteiger partial charge in [-0.25, -0.2) is 8.42 Å². The molecule has 1 aliphatic rings. The Morgan fingerprint density at radius 2 is 1.63 bits per heavy atom. The largest absolute Gasteiger partial charge is 0.488 e. The van der Waals surface area contributed by atoms with Gasteiger partial charge in [-0.05, 0) is 41.5 Å². The van der Waals surface area contributed by atoms with Crippen LogP contribution in [0, 0.1) is 0 Å². The molecule has 196 valence electrons. The van der Waals surface area contributed by atoms with Gasteiger partial charge in [0.05, 0.1) is 21.1 Å². The lowest BCUT2D eigenvalue weighted by Crippen LogP contribution is -2.26. The summed E-state index contributed by atoms with van der Waals surface area (Å²) >= 11 is 0. The van der Waals surface area contributed by atoms with Crippen LogP contribution in [0.1, 0.15) is 32.3 Å². The molecule has 1 atom stereocenters. The van der Waals surface area contributed by atoms with E-state index in [0.29, 0.717) is 0 Å². The Labute approximate surface area is 222 Å². The van der Waals surface area contributed by atoms with Crippen LogP contribution in [-0.2, 0) is 23.0 Å². The number of benzene rings is 3. The van der Waals surface area contributed by atoms with E-state index >= 15 is 0 Å². The third kappa shape index (κ3) is 5.16. The number of sulfone groups is 1. The minimum atomic E-state index is -4.07. The molecule has 38 heavy (non-hydrogen) atoms. The van der Waals surface area contributed by atoms with Crippen LogP contribution in [0.25, 0.3) is 0 Å². The van der Waals surface area contributed by atoms with Gasteiger partial charge in [0.15, 0.2) is 9.84 Å². The van der Waals surface area contributed by atoms with Crippen molar-refractivity contribution in [2.75, 3.05) is 5.75 Å². The summed E-state index contributed by atoms with van der Waals surface area (Å²) in [7, 11) is -7.55. The van der Waals surface area contributed by atoms with E-state index in [2.05, 4.69) is 10.3 Å². The van der Waals surface area contributed by atoms with E-state index in [1.165, 1.54) is 24.3 Å². The number of nitrogens with one attached hydrogen (secondary N) is 1. The van der Waals surface area contributed by atoms with E-state index in [1.807, 2.05) is 30.3 Å². The van der Waals surface area contributed by atoms with Crippen LogP contribution in [0.5, 0.6) is 5.75 Å². The number of nitrogens with zero attached hydrogens (tertiary/aromatic N) is 1. The van der Waals surface area contributed by atoms with Crippen molar-refractivity contribution in [3.63, 3.8) is 0 Å². The number of rotatable bonds is 8. The van der Waals surface area contributed by atoms with Crippen molar-refractivity contribution in [1.82, 2.24) is 10.3 Å². The van der Waals surface area contributed by atoms with Gasteiger partial charge in [-0.3, -0.25) is 18.9 Å². The highest BCUT2D eigenvalue weighted by Crippen LogP contribution is 2.63. The highest BCUT2D eigenvalue weighted by molar-refractivity contribution is 8.25. The molecule has 1 amide bonds. The molecule has 5 rings (SSSR count). The lowest BCUT2D eigenvalue weighted by atomic mass is 10.0. The molecule has 0 aliphatic carbocycles. The highest BCUT2D eigenvalue weighted by atomic mass is 32.3. The van der Waals surface area contributed by atoms with E-state index in [0.717, 1.165) is 11.1 Å². The van der Waals surface area contributed by atoms with Crippen LogP contribution >= 0.6 is 10.6 Å². The number of aromatic nitrogens is 1. The second-order valence-electron chi connectivity index (χ2n) is 8.85. The van der Waals surface area contributed by atoms with Crippen LogP contribution in [0.4, 0.5) is 0 Å². The number of amides is 1. The Kier molecular flexibility index (Phi) is 7.22. The molecule has 0 saturated heterocycles. The normalized spacial score (nSPS) is 16.8. The minimum absolute atomic E-state index is 0.0238. The van der Waals surface area contributed by atoms with Crippen molar-refractivity contribution < 1.29 is 27.1 Å². The summed E-state index contributed by atoms with van der Waals surface area (Å²) in [5.74, 6) is -0.870. The molecule has 8 nitrogen and oxygen atoms in total. The fraction of sp³-hybridized carbons (Fsp3) is 0.143. The lowest BCUT2D eigenvalue weighted by Gasteiger charge is -2.27. The van der Waals surface area contributed by atoms with Gasteiger partial charge in [-0.1, -0.05) is 54.6 Å². The van der Waals surface area contributed by atoms with Crippen LogP contribution in [0.3, 0.4) is 0 Å². The molecule has 0 bridgehead atoms. The van der Waals surface area contributed by atoms with E-state index in [-0.39, 0.29) is 39.8 Å². The maximum atomic E-state index is 13.7. The molecule has 10 heteroatoms. The van der Waals surface area contributed by atoms with Crippen molar-refractivity contribution in [2.24, 2.45) is 0 Å². The summed E-state index contributed by atoms with van der Waals surface area (Å²) in [6, 6.07) is 23.6. The molecule has 0 saturated carbocycles. The summed E-state index contributed by atoms with van der Waals surface area (Å²) in [5, 5.41) is 1.47. The zero-order valence-corrected chi connectivity index (χ0v) is 21.9. The molecule has 3 N–H and O–H groups in total. The first-order valence-corrected chi connectivity index (χ1v) is 15.1. The minimum Gasteiger partial charge on any atom is -0.488 e. The number of ether oxygens (including phenoxy) is 1. The monoisotopic (exact) mass is 550 g/mol. The molecule has 3 aromatic carbocycles. The Hall–Kier alpha value is -3.70. The number of hydrogen-bond donors (Lipinski definition) is 3. The summed E-state index contributed by atoms with van der Waals surface area (Å²) in [5.41, 5.74) is 1.64. The summed E-state index contributed by atoms with van der Waals surface area (Å²) in [6.45, 7) is 0.273. The van der Waals surface area contributed by atoms with Crippen molar-refractivity contribution in [3.05, 3.63) is 120 Å². The number of pyridine rings is 1. The zero-order chi connectivity index (χ0) is 26.8. The topological polar surface area (TPSA) is 126 Å². The molecule has 1 unspecified atom stereocenters. The number of hydrogen-bond acceptors (Lipinski definition) is 7. The first-order valence-electron chi connectivity index (χ1n) is 11.8. The van der Waals surface area contributed by atoms with E-state index in [1.54, 1.807) is 42.7 Å². The zero-order valence-electron chi connectivity index (χ0n) is 20.2. The number of carbonyl (C=O) groups excluding carboxylic acids is 1. The summed E-state index contributed by atoms with van der Waals surface area (Å²) in [6.07, 6.45) is 3.23. The second kappa shape index (κ2) is 10.6. The maximum absolute atomic E-state index is 13.7. The van der Waals surface area contributed by atoms with E-state index < -0.39 is 37.3 Å². The third-order valence-corrected chi connectivity index (χ3v) is 10.5. The molecular formula is C28H26N2O6S2. The van der Waals surface area contributed by atoms with E-state index in [4.69, 9.17) is 4.74 Å². The molecule has 0 radical (unpaired) electrons. The van der Waals surface area contributed by atoms with Gasteiger partial charge < -0.3 is 10.1 Å². The van der Waals surface area contributed by atoms with E-state index in [9.17, 15) is 22.3 Å². The predicted molar refractivity (Wildman–Crippen MR) is 145 cm³/mol. The quantitative estimate of drug-likeness (QED) is 0.274. The van der Waals surface area contributed by atoms with Crippen molar-refractivity contribution in [3.8, 4) is 5.75 Å². The molecule has 2 heterocycles. The molecule has 4 aromatic rings. The Balaban J connectivity index is 1.60. The smallest absolute Gasteiger partial charge is 0.255 e. The van der Waals surface area contributed by atoms with Crippen LogP contribution in [0.2, 0.25) is 0 Å². The number of carbonyl (C=O) groups is 1. The second-order valence-corrected chi connectivity index (χ2v) is 13.1. The molecular weight excluding hydrogens is 524 g/mol. The molecule has 1 aliphatic heterocycles. The van der Waals surface area contributed by atoms with Gasteiger partial charge in [0.1, 0.15) is 17.6 Å². The summed E-state index contributed by atoms with van der Waals surface area (Å²) < 4.78 is 55.4. The third-order valence-electron chi connectivity index (χ3n) is 6.31. The Bertz CT molecular complexity index is 1550. The Morgan fingerprint density at radius 3 is 2.32 bits per heavy atom. The lowest BCUT2D eigenvalue weighted by molar-refractivity contribution is 0.0945. The fourth-order valence-corrected chi connectivity index (χ4v) is 8.88. The molecule has 0 spiro atoms. The summed E-state index contributed by atoms with van der Waals surface area (Å²) in [4.78, 5) is 17.8. The van der Waals surface area contributed by atoms with Crippen molar-refractivity contribution in [1.29, 1.82) is 0 Å². The van der Waals surface area contributed by atoms with Gasteiger partial charge in [0.2, 0.25) is 0 Å². The average Bonchev–Trinajstić information content (AvgIpc) is 3.23.